The maximum absolute atomic E-state index is 5.73. The third-order valence-electron chi connectivity index (χ3n) is 2.41. The van der Waals surface area contributed by atoms with Crippen LogP contribution in [0, 0.1) is 0 Å². The second-order valence-electron chi connectivity index (χ2n) is 3.53. The van der Waals surface area contributed by atoms with E-state index in [2.05, 4.69) is 12.1 Å². The SMILES string of the molecule is Cl.Cl.NCc1ccc(-c2cccc(N)c2)cc1. The highest BCUT2D eigenvalue weighted by molar-refractivity contribution is 5.85. The predicted octanol–water partition coefficient (Wildman–Crippen LogP) is 3.24. The standard InChI is InChI=1S/C13H14N2.2ClH/c14-9-10-4-6-11(7-5-10)12-2-1-3-13(15)8-12;;/h1-8H,9,14-15H2;2*1H. The molecule has 2 aromatic rings. The molecular formula is C13H16Cl2N2. The van der Waals surface area contributed by atoms with Crippen LogP contribution in [0.2, 0.25) is 0 Å². The predicted molar refractivity (Wildman–Crippen MR) is 78.7 cm³/mol. The Morgan fingerprint density at radius 3 is 2.00 bits per heavy atom. The van der Waals surface area contributed by atoms with Gasteiger partial charge in [-0.1, -0.05) is 36.4 Å². The summed E-state index contributed by atoms with van der Waals surface area (Å²) in [6.45, 7) is 0.581. The lowest BCUT2D eigenvalue weighted by Gasteiger charge is -2.03. The molecule has 92 valence electrons. The van der Waals surface area contributed by atoms with Gasteiger partial charge in [-0.15, -0.1) is 24.8 Å². The van der Waals surface area contributed by atoms with Gasteiger partial charge in [-0.2, -0.15) is 0 Å². The molecule has 2 aromatic carbocycles. The lowest BCUT2D eigenvalue weighted by molar-refractivity contribution is 1.07. The Labute approximate surface area is 114 Å². The number of halogens is 2. The van der Waals surface area contributed by atoms with Gasteiger partial charge in [0.05, 0.1) is 0 Å². The summed E-state index contributed by atoms with van der Waals surface area (Å²) in [7, 11) is 0. The quantitative estimate of drug-likeness (QED) is 0.824. The third kappa shape index (κ3) is 3.93. The van der Waals surface area contributed by atoms with E-state index >= 15 is 0 Å². The van der Waals surface area contributed by atoms with E-state index in [1.165, 1.54) is 5.56 Å². The molecule has 0 radical (unpaired) electrons. The number of nitrogens with two attached hydrogens (primary N) is 2. The van der Waals surface area contributed by atoms with Crippen LogP contribution in [-0.4, -0.2) is 0 Å². The zero-order chi connectivity index (χ0) is 10.7. The van der Waals surface area contributed by atoms with Crippen molar-refractivity contribution in [3.8, 4) is 11.1 Å². The summed E-state index contributed by atoms with van der Waals surface area (Å²) < 4.78 is 0. The molecule has 0 saturated carbocycles. The van der Waals surface area contributed by atoms with Crippen molar-refractivity contribution < 1.29 is 0 Å². The molecule has 0 unspecified atom stereocenters. The first-order valence-corrected chi connectivity index (χ1v) is 4.94. The molecule has 0 amide bonds. The first-order chi connectivity index (χ1) is 7.29. The molecule has 0 aliphatic rings. The highest BCUT2D eigenvalue weighted by Crippen LogP contribution is 2.21. The minimum Gasteiger partial charge on any atom is -0.399 e. The highest BCUT2D eigenvalue weighted by Gasteiger charge is 1.97. The van der Waals surface area contributed by atoms with E-state index in [4.69, 9.17) is 11.5 Å². The molecule has 0 bridgehead atoms. The number of anilines is 1. The van der Waals surface area contributed by atoms with E-state index in [1.54, 1.807) is 0 Å². The zero-order valence-electron chi connectivity index (χ0n) is 9.30. The number of hydrogen-bond acceptors (Lipinski definition) is 2. The molecule has 2 nitrogen and oxygen atoms in total. The second kappa shape index (κ2) is 7.17. The van der Waals surface area contributed by atoms with E-state index in [9.17, 15) is 0 Å². The van der Waals surface area contributed by atoms with Crippen molar-refractivity contribution >= 4 is 30.5 Å². The maximum Gasteiger partial charge on any atom is 0.0320 e. The lowest BCUT2D eigenvalue weighted by Crippen LogP contribution is -1.95. The summed E-state index contributed by atoms with van der Waals surface area (Å²) in [6.07, 6.45) is 0. The summed E-state index contributed by atoms with van der Waals surface area (Å²) in [6, 6.07) is 16.1. The molecule has 0 heterocycles. The van der Waals surface area contributed by atoms with Crippen LogP contribution in [0.3, 0.4) is 0 Å². The van der Waals surface area contributed by atoms with Crippen LogP contribution in [0.15, 0.2) is 48.5 Å². The average Bonchev–Trinajstić information content (AvgIpc) is 2.29. The molecule has 0 atom stereocenters. The van der Waals surface area contributed by atoms with Crippen molar-refractivity contribution in [2.45, 2.75) is 6.54 Å². The molecule has 0 aliphatic heterocycles. The highest BCUT2D eigenvalue weighted by atomic mass is 35.5. The molecule has 17 heavy (non-hydrogen) atoms. The van der Waals surface area contributed by atoms with Crippen LogP contribution < -0.4 is 11.5 Å². The van der Waals surface area contributed by atoms with Crippen molar-refractivity contribution in [1.82, 2.24) is 0 Å². The Hall–Kier alpha value is -1.22. The van der Waals surface area contributed by atoms with Crippen LogP contribution in [0.4, 0.5) is 5.69 Å². The molecule has 0 saturated heterocycles. The van der Waals surface area contributed by atoms with E-state index in [-0.39, 0.29) is 24.8 Å². The number of benzene rings is 2. The van der Waals surface area contributed by atoms with E-state index < -0.39 is 0 Å². The van der Waals surface area contributed by atoms with Crippen molar-refractivity contribution in [3.05, 3.63) is 54.1 Å². The fourth-order valence-corrected chi connectivity index (χ4v) is 1.55. The van der Waals surface area contributed by atoms with Crippen LogP contribution in [0.1, 0.15) is 5.56 Å². The van der Waals surface area contributed by atoms with Gasteiger partial charge in [0, 0.05) is 12.2 Å². The van der Waals surface area contributed by atoms with Gasteiger partial charge in [0.1, 0.15) is 0 Å². The van der Waals surface area contributed by atoms with E-state index in [0.29, 0.717) is 6.54 Å². The summed E-state index contributed by atoms with van der Waals surface area (Å²) >= 11 is 0. The molecule has 4 heteroatoms. The smallest absolute Gasteiger partial charge is 0.0320 e. The van der Waals surface area contributed by atoms with Gasteiger partial charge in [-0.25, -0.2) is 0 Å². The minimum absolute atomic E-state index is 0. The molecule has 4 N–H and O–H groups in total. The fourth-order valence-electron chi connectivity index (χ4n) is 1.55. The fraction of sp³-hybridized carbons (Fsp3) is 0.0769. The molecular weight excluding hydrogens is 255 g/mol. The van der Waals surface area contributed by atoms with Crippen LogP contribution in [0.25, 0.3) is 11.1 Å². The number of rotatable bonds is 2. The summed E-state index contributed by atoms with van der Waals surface area (Å²) in [5, 5.41) is 0. The first-order valence-electron chi connectivity index (χ1n) is 4.94. The Morgan fingerprint density at radius 1 is 0.824 bits per heavy atom. The molecule has 0 fully saturated rings. The Bertz CT molecular complexity index is 455. The summed E-state index contributed by atoms with van der Waals surface area (Å²) in [4.78, 5) is 0. The van der Waals surface area contributed by atoms with Crippen molar-refractivity contribution in [1.29, 1.82) is 0 Å². The first kappa shape index (κ1) is 15.8. The third-order valence-corrected chi connectivity index (χ3v) is 2.41. The van der Waals surface area contributed by atoms with Gasteiger partial charge in [-0.3, -0.25) is 0 Å². The van der Waals surface area contributed by atoms with Crippen molar-refractivity contribution in [2.75, 3.05) is 5.73 Å². The average molecular weight is 271 g/mol. The topological polar surface area (TPSA) is 52.0 Å². The van der Waals surface area contributed by atoms with Crippen LogP contribution in [0.5, 0.6) is 0 Å². The van der Waals surface area contributed by atoms with Gasteiger partial charge in [0.2, 0.25) is 0 Å². The van der Waals surface area contributed by atoms with Gasteiger partial charge in [0.15, 0.2) is 0 Å². The maximum atomic E-state index is 5.73. The van der Waals surface area contributed by atoms with Crippen LogP contribution in [-0.2, 0) is 6.54 Å². The zero-order valence-corrected chi connectivity index (χ0v) is 10.9. The van der Waals surface area contributed by atoms with Gasteiger partial charge in [0.25, 0.3) is 0 Å². The normalized spacial score (nSPS) is 9.00. The molecule has 0 aromatic heterocycles. The Kier molecular flexibility index (Phi) is 6.66. The summed E-state index contributed by atoms with van der Waals surface area (Å²) in [5.41, 5.74) is 15.5. The van der Waals surface area contributed by atoms with E-state index in [0.717, 1.165) is 16.8 Å². The van der Waals surface area contributed by atoms with Gasteiger partial charge >= 0.3 is 0 Å². The van der Waals surface area contributed by atoms with Crippen molar-refractivity contribution in [2.24, 2.45) is 5.73 Å². The Balaban J connectivity index is 0.00000128. The second-order valence-corrected chi connectivity index (χ2v) is 3.53. The lowest BCUT2D eigenvalue weighted by atomic mass is 10.0. The summed E-state index contributed by atoms with van der Waals surface area (Å²) in [5.74, 6) is 0. The Morgan fingerprint density at radius 2 is 1.47 bits per heavy atom. The molecule has 0 spiro atoms. The van der Waals surface area contributed by atoms with E-state index in [1.807, 2.05) is 36.4 Å². The number of hydrogen-bond donors (Lipinski definition) is 2. The molecule has 0 aliphatic carbocycles. The molecule has 2 rings (SSSR count). The number of nitrogen functional groups attached to an aromatic ring is 1. The van der Waals surface area contributed by atoms with Crippen LogP contribution >= 0.6 is 24.8 Å². The minimum atomic E-state index is 0. The van der Waals surface area contributed by atoms with Gasteiger partial charge in [-0.05, 0) is 28.8 Å². The van der Waals surface area contributed by atoms with Gasteiger partial charge < -0.3 is 11.5 Å². The largest absolute Gasteiger partial charge is 0.399 e. The monoisotopic (exact) mass is 270 g/mol. The van der Waals surface area contributed by atoms with Crippen molar-refractivity contribution in [3.63, 3.8) is 0 Å².